The van der Waals surface area contributed by atoms with Crippen molar-refractivity contribution in [2.24, 2.45) is 0 Å². The first-order chi connectivity index (χ1) is 9.49. The predicted molar refractivity (Wildman–Crippen MR) is 87.1 cm³/mol. The zero-order valence-electron chi connectivity index (χ0n) is 14.5. The SMILES string of the molecule is CCCCO[P+](=O)OCCCC.CC[N+](C)(CC)CC. The third-order valence-electron chi connectivity index (χ3n) is 3.68. The van der Waals surface area contributed by atoms with Gasteiger partial charge >= 0.3 is 8.25 Å². The van der Waals surface area contributed by atoms with Crippen molar-refractivity contribution in [2.45, 2.75) is 60.3 Å². The van der Waals surface area contributed by atoms with Crippen LogP contribution in [0.15, 0.2) is 0 Å². The molecule has 0 saturated carbocycles. The molecule has 0 aromatic heterocycles. The minimum absolute atomic E-state index is 0.540. The summed E-state index contributed by atoms with van der Waals surface area (Å²) < 4.78 is 21.9. The second kappa shape index (κ2) is 15.4. The van der Waals surface area contributed by atoms with Gasteiger partial charge in [0.15, 0.2) is 0 Å². The van der Waals surface area contributed by atoms with Gasteiger partial charge < -0.3 is 4.48 Å². The van der Waals surface area contributed by atoms with Crippen LogP contribution in [0.4, 0.5) is 0 Å². The van der Waals surface area contributed by atoms with Crippen LogP contribution >= 0.6 is 8.25 Å². The summed E-state index contributed by atoms with van der Waals surface area (Å²) in [7, 11) is 0.438. The Labute approximate surface area is 127 Å². The van der Waals surface area contributed by atoms with Gasteiger partial charge in [-0.25, -0.2) is 0 Å². The highest BCUT2D eigenvalue weighted by Gasteiger charge is 2.18. The molecular formula is C15H36NO3P+2. The molecule has 20 heavy (non-hydrogen) atoms. The molecule has 0 atom stereocenters. The normalized spacial score (nSPS) is 10.9. The molecule has 0 bridgehead atoms. The van der Waals surface area contributed by atoms with Crippen LogP contribution in [0.2, 0.25) is 0 Å². The van der Waals surface area contributed by atoms with Gasteiger partial charge in [0.25, 0.3) is 0 Å². The maximum Gasteiger partial charge on any atom is 0.697 e. The average Bonchev–Trinajstić information content (AvgIpc) is 2.48. The number of hydrogen-bond acceptors (Lipinski definition) is 3. The Bertz CT molecular complexity index is 201. The molecule has 0 saturated heterocycles. The monoisotopic (exact) mass is 309 g/mol. The van der Waals surface area contributed by atoms with Crippen LogP contribution in [0.25, 0.3) is 0 Å². The van der Waals surface area contributed by atoms with Crippen LogP contribution in [0.3, 0.4) is 0 Å². The van der Waals surface area contributed by atoms with Crippen LogP contribution < -0.4 is 0 Å². The first kappa shape index (κ1) is 22.3. The summed E-state index contributed by atoms with van der Waals surface area (Å²) in [5.74, 6) is 0. The molecule has 4 nitrogen and oxygen atoms in total. The first-order valence-corrected chi connectivity index (χ1v) is 9.15. The maximum atomic E-state index is 10.9. The highest BCUT2D eigenvalue weighted by molar-refractivity contribution is 7.33. The van der Waals surface area contributed by atoms with Gasteiger partial charge in [0.1, 0.15) is 13.2 Å². The van der Waals surface area contributed by atoms with Crippen molar-refractivity contribution in [1.82, 2.24) is 0 Å². The Morgan fingerprint density at radius 1 is 0.800 bits per heavy atom. The van der Waals surface area contributed by atoms with Gasteiger partial charge in [0.2, 0.25) is 0 Å². The van der Waals surface area contributed by atoms with E-state index >= 15 is 0 Å². The zero-order chi connectivity index (χ0) is 15.9. The van der Waals surface area contributed by atoms with E-state index in [2.05, 4.69) is 41.7 Å². The molecular weight excluding hydrogens is 273 g/mol. The van der Waals surface area contributed by atoms with Crippen molar-refractivity contribution in [1.29, 1.82) is 0 Å². The zero-order valence-corrected chi connectivity index (χ0v) is 15.4. The lowest BCUT2D eigenvalue weighted by atomic mass is 10.4. The fraction of sp³-hybridized carbons (Fsp3) is 1.00. The summed E-state index contributed by atoms with van der Waals surface area (Å²) in [5, 5.41) is 0. The van der Waals surface area contributed by atoms with E-state index in [1.54, 1.807) is 0 Å². The molecule has 0 aromatic carbocycles. The van der Waals surface area contributed by atoms with Crippen molar-refractivity contribution in [2.75, 3.05) is 39.9 Å². The fourth-order valence-electron chi connectivity index (χ4n) is 1.27. The Kier molecular flexibility index (Phi) is 17.1. The standard InChI is InChI=1S/C8H18O3P.C7H18N/c1-3-5-7-10-12(9)11-8-6-4-2;1-5-8(4,6-2)7-3/h3-8H2,1-2H3;5-7H2,1-4H3/q2*+1. The van der Waals surface area contributed by atoms with Crippen molar-refractivity contribution >= 4 is 8.25 Å². The molecule has 0 rings (SSSR count). The van der Waals surface area contributed by atoms with E-state index < -0.39 is 8.25 Å². The largest absolute Gasteiger partial charge is 0.697 e. The molecule has 5 heteroatoms. The quantitative estimate of drug-likeness (QED) is 0.313. The Morgan fingerprint density at radius 2 is 1.15 bits per heavy atom. The highest BCUT2D eigenvalue weighted by Crippen LogP contribution is 2.24. The minimum atomic E-state index is -1.85. The van der Waals surface area contributed by atoms with Gasteiger partial charge in [0.05, 0.1) is 26.7 Å². The maximum absolute atomic E-state index is 10.9. The molecule has 0 N–H and O–H groups in total. The number of quaternary nitrogens is 1. The van der Waals surface area contributed by atoms with E-state index in [-0.39, 0.29) is 0 Å². The second-order valence-corrected chi connectivity index (χ2v) is 6.13. The Balaban J connectivity index is 0. The van der Waals surface area contributed by atoms with Crippen LogP contribution in [0.1, 0.15) is 60.3 Å². The second-order valence-electron chi connectivity index (χ2n) is 5.17. The third-order valence-corrected chi connectivity index (χ3v) is 4.47. The third kappa shape index (κ3) is 14.4. The minimum Gasteiger partial charge on any atom is -0.327 e. The van der Waals surface area contributed by atoms with Crippen molar-refractivity contribution in [3.63, 3.8) is 0 Å². The molecule has 0 spiro atoms. The topological polar surface area (TPSA) is 35.5 Å². The smallest absolute Gasteiger partial charge is 0.327 e. The molecule has 0 aliphatic rings. The lowest BCUT2D eigenvalue weighted by Crippen LogP contribution is -2.42. The molecule has 0 aromatic rings. The van der Waals surface area contributed by atoms with Crippen LogP contribution in [-0.2, 0) is 13.6 Å². The van der Waals surface area contributed by atoms with E-state index in [0.29, 0.717) is 13.2 Å². The summed E-state index contributed by atoms with van der Waals surface area (Å²) in [6.45, 7) is 15.7. The van der Waals surface area contributed by atoms with E-state index in [9.17, 15) is 4.57 Å². The van der Waals surface area contributed by atoms with Crippen LogP contribution in [0.5, 0.6) is 0 Å². The van der Waals surface area contributed by atoms with E-state index in [1.807, 2.05) is 0 Å². The lowest BCUT2D eigenvalue weighted by Gasteiger charge is -2.30. The molecule has 0 aliphatic heterocycles. The molecule has 0 unspecified atom stereocenters. The van der Waals surface area contributed by atoms with E-state index in [0.717, 1.165) is 25.7 Å². The van der Waals surface area contributed by atoms with Crippen LogP contribution in [-0.4, -0.2) is 44.4 Å². The van der Waals surface area contributed by atoms with Crippen molar-refractivity contribution < 1.29 is 18.1 Å². The molecule has 0 fully saturated rings. The molecule has 0 heterocycles. The summed E-state index contributed by atoms with van der Waals surface area (Å²) in [6, 6.07) is 0. The molecule has 0 aliphatic carbocycles. The van der Waals surface area contributed by atoms with E-state index in [1.165, 1.54) is 24.1 Å². The van der Waals surface area contributed by atoms with Gasteiger partial charge in [-0.05, 0) is 33.6 Å². The van der Waals surface area contributed by atoms with Gasteiger partial charge in [-0.1, -0.05) is 26.7 Å². The van der Waals surface area contributed by atoms with Crippen molar-refractivity contribution in [3.8, 4) is 0 Å². The predicted octanol–water partition coefficient (Wildman–Crippen LogP) is 4.77. The van der Waals surface area contributed by atoms with Gasteiger partial charge in [-0.3, -0.25) is 0 Å². The Hall–Kier alpha value is -0.0200. The lowest BCUT2D eigenvalue weighted by molar-refractivity contribution is -0.904. The first-order valence-electron chi connectivity index (χ1n) is 8.06. The van der Waals surface area contributed by atoms with Gasteiger partial charge in [-0.2, -0.15) is 0 Å². The number of hydrogen-bond donors (Lipinski definition) is 0. The number of nitrogens with zero attached hydrogens (tertiary/aromatic N) is 1. The summed E-state index contributed by atoms with van der Waals surface area (Å²) in [5.41, 5.74) is 0. The average molecular weight is 309 g/mol. The van der Waals surface area contributed by atoms with E-state index in [4.69, 9.17) is 9.05 Å². The molecule has 0 radical (unpaired) electrons. The highest BCUT2D eigenvalue weighted by atomic mass is 31.1. The van der Waals surface area contributed by atoms with Gasteiger partial charge in [-0.15, -0.1) is 9.05 Å². The summed E-state index contributed by atoms with van der Waals surface area (Å²) in [6.07, 6.45) is 3.99. The molecule has 0 amide bonds. The van der Waals surface area contributed by atoms with Crippen LogP contribution in [0, 0.1) is 0 Å². The fourth-order valence-corrected chi connectivity index (χ4v) is 1.91. The number of rotatable bonds is 11. The Morgan fingerprint density at radius 3 is 1.35 bits per heavy atom. The summed E-state index contributed by atoms with van der Waals surface area (Å²) in [4.78, 5) is 0. The molecule has 122 valence electrons. The number of unbranched alkanes of at least 4 members (excludes halogenated alkanes) is 2. The van der Waals surface area contributed by atoms with Gasteiger partial charge in [0, 0.05) is 4.57 Å². The summed E-state index contributed by atoms with van der Waals surface area (Å²) >= 11 is 0. The van der Waals surface area contributed by atoms with Crippen molar-refractivity contribution in [3.05, 3.63) is 0 Å².